The van der Waals surface area contributed by atoms with E-state index >= 15 is 0 Å². The normalized spacial score (nSPS) is 45.1. The van der Waals surface area contributed by atoms with Crippen LogP contribution in [0.25, 0.3) is 0 Å². The maximum absolute atomic E-state index is 11.0. The van der Waals surface area contributed by atoms with Gasteiger partial charge in [-0.25, -0.2) is 0 Å². The molecule has 0 radical (unpaired) electrons. The second-order valence-electron chi connectivity index (χ2n) is 6.35. The molecule has 3 saturated carbocycles. The highest BCUT2D eigenvalue weighted by Crippen LogP contribution is 2.58. The summed E-state index contributed by atoms with van der Waals surface area (Å²) >= 11 is 0. The van der Waals surface area contributed by atoms with Gasteiger partial charge in [-0.05, 0) is 62.3 Å². The summed E-state index contributed by atoms with van der Waals surface area (Å²) in [5.41, 5.74) is 0. The summed E-state index contributed by atoms with van der Waals surface area (Å²) in [6.07, 6.45) is 10.3. The van der Waals surface area contributed by atoms with Crippen molar-refractivity contribution in [2.45, 2.75) is 44.6 Å². The van der Waals surface area contributed by atoms with E-state index in [9.17, 15) is 4.21 Å². The summed E-state index contributed by atoms with van der Waals surface area (Å²) < 4.78 is 11.0. The molecule has 0 aromatic rings. The lowest BCUT2D eigenvalue weighted by molar-refractivity contribution is 0.209. The molecule has 0 unspecified atom stereocenters. The standard InChI is InChI=1S/C14H25NOS/c1-17(16)7-3-6-15-14-9-10-8-13(14)12-5-2-4-11(10)12/h10-15H,2-9H2,1H3/t10-,11+,12-,13+,14-,17+/m0/s1. The zero-order chi connectivity index (χ0) is 11.8. The van der Waals surface area contributed by atoms with Crippen molar-refractivity contribution in [3.63, 3.8) is 0 Å². The van der Waals surface area contributed by atoms with Gasteiger partial charge in [0.15, 0.2) is 0 Å². The Morgan fingerprint density at radius 2 is 2.00 bits per heavy atom. The van der Waals surface area contributed by atoms with E-state index in [4.69, 9.17) is 0 Å². The van der Waals surface area contributed by atoms with E-state index in [-0.39, 0.29) is 0 Å². The predicted octanol–water partition coefficient (Wildman–Crippen LogP) is 2.17. The third kappa shape index (κ3) is 2.33. The van der Waals surface area contributed by atoms with Crippen molar-refractivity contribution in [3.8, 4) is 0 Å². The highest BCUT2D eigenvalue weighted by molar-refractivity contribution is 7.84. The first-order valence-corrected chi connectivity index (χ1v) is 9.02. The Morgan fingerprint density at radius 1 is 1.18 bits per heavy atom. The molecule has 3 aliphatic carbocycles. The van der Waals surface area contributed by atoms with Crippen LogP contribution in [0.4, 0.5) is 0 Å². The van der Waals surface area contributed by atoms with E-state index in [0.717, 1.165) is 48.4 Å². The smallest absolute Gasteiger partial charge is 0.0244 e. The van der Waals surface area contributed by atoms with Crippen LogP contribution in [0.5, 0.6) is 0 Å². The molecular formula is C14H25NOS. The summed E-state index contributed by atoms with van der Waals surface area (Å²) in [7, 11) is -0.615. The van der Waals surface area contributed by atoms with Crippen LogP contribution in [0, 0.1) is 23.7 Å². The molecule has 1 N–H and O–H groups in total. The van der Waals surface area contributed by atoms with Crippen molar-refractivity contribution in [1.29, 1.82) is 0 Å². The van der Waals surface area contributed by atoms with E-state index in [2.05, 4.69) is 5.32 Å². The van der Waals surface area contributed by atoms with Crippen molar-refractivity contribution >= 4 is 10.8 Å². The number of fused-ring (bicyclic) bond motifs is 5. The van der Waals surface area contributed by atoms with E-state index < -0.39 is 10.8 Å². The van der Waals surface area contributed by atoms with Crippen molar-refractivity contribution in [3.05, 3.63) is 0 Å². The molecule has 3 heteroatoms. The minimum absolute atomic E-state index is 0.615. The Labute approximate surface area is 107 Å². The van der Waals surface area contributed by atoms with Crippen LogP contribution in [0.2, 0.25) is 0 Å². The van der Waals surface area contributed by atoms with Crippen LogP contribution in [0.1, 0.15) is 38.5 Å². The molecule has 17 heavy (non-hydrogen) atoms. The first kappa shape index (κ1) is 12.2. The van der Waals surface area contributed by atoms with E-state index in [1.807, 2.05) is 0 Å². The van der Waals surface area contributed by atoms with Crippen molar-refractivity contribution in [2.75, 3.05) is 18.6 Å². The van der Waals surface area contributed by atoms with Gasteiger partial charge in [-0.15, -0.1) is 0 Å². The average Bonchev–Trinajstić information content (AvgIpc) is 2.95. The Balaban J connectivity index is 1.46. The molecule has 98 valence electrons. The van der Waals surface area contributed by atoms with Crippen LogP contribution in [-0.4, -0.2) is 28.8 Å². The first-order chi connectivity index (χ1) is 8.25. The maximum atomic E-state index is 11.0. The summed E-state index contributed by atoms with van der Waals surface area (Å²) in [5, 5.41) is 3.75. The molecule has 0 aromatic heterocycles. The lowest BCUT2D eigenvalue weighted by Crippen LogP contribution is -2.39. The fourth-order valence-electron chi connectivity index (χ4n) is 4.87. The van der Waals surface area contributed by atoms with Gasteiger partial charge in [-0.3, -0.25) is 4.21 Å². The minimum atomic E-state index is -0.615. The van der Waals surface area contributed by atoms with Gasteiger partial charge in [0.05, 0.1) is 0 Å². The predicted molar refractivity (Wildman–Crippen MR) is 72.4 cm³/mol. The Hall–Kier alpha value is 0.110. The minimum Gasteiger partial charge on any atom is -0.314 e. The molecule has 0 aliphatic heterocycles. The number of nitrogens with one attached hydrogen (secondary N) is 1. The molecule has 0 amide bonds. The highest BCUT2D eigenvalue weighted by atomic mass is 32.2. The van der Waals surface area contributed by atoms with Crippen molar-refractivity contribution < 1.29 is 4.21 Å². The van der Waals surface area contributed by atoms with Gasteiger partial charge in [0, 0.05) is 28.9 Å². The number of hydrogen-bond donors (Lipinski definition) is 1. The van der Waals surface area contributed by atoms with Gasteiger partial charge in [-0.1, -0.05) is 6.42 Å². The lowest BCUT2D eigenvalue weighted by Gasteiger charge is -2.32. The fourth-order valence-corrected chi connectivity index (χ4v) is 5.42. The van der Waals surface area contributed by atoms with Crippen molar-refractivity contribution in [2.24, 2.45) is 23.7 Å². The van der Waals surface area contributed by atoms with E-state index in [0.29, 0.717) is 0 Å². The van der Waals surface area contributed by atoms with Crippen LogP contribution in [0.15, 0.2) is 0 Å². The molecule has 2 nitrogen and oxygen atoms in total. The average molecular weight is 255 g/mol. The van der Waals surface area contributed by atoms with E-state index in [1.165, 1.54) is 32.1 Å². The second-order valence-corrected chi connectivity index (χ2v) is 7.90. The summed E-state index contributed by atoms with van der Waals surface area (Å²) in [6, 6.07) is 0.796. The summed E-state index contributed by atoms with van der Waals surface area (Å²) in [6.45, 7) is 1.07. The third-order valence-electron chi connectivity index (χ3n) is 5.44. The molecule has 6 atom stereocenters. The molecule has 2 bridgehead atoms. The topological polar surface area (TPSA) is 29.1 Å². The summed E-state index contributed by atoms with van der Waals surface area (Å²) in [5.74, 6) is 5.05. The summed E-state index contributed by atoms with van der Waals surface area (Å²) in [4.78, 5) is 0. The Morgan fingerprint density at radius 3 is 2.82 bits per heavy atom. The van der Waals surface area contributed by atoms with Gasteiger partial charge < -0.3 is 5.32 Å². The first-order valence-electron chi connectivity index (χ1n) is 7.29. The molecule has 3 fully saturated rings. The van der Waals surface area contributed by atoms with Gasteiger partial charge in [0.1, 0.15) is 0 Å². The van der Waals surface area contributed by atoms with Crippen LogP contribution < -0.4 is 5.32 Å². The third-order valence-corrected chi connectivity index (χ3v) is 6.31. The zero-order valence-electron chi connectivity index (χ0n) is 10.9. The monoisotopic (exact) mass is 255 g/mol. The molecular weight excluding hydrogens is 230 g/mol. The molecule has 0 aromatic carbocycles. The van der Waals surface area contributed by atoms with Crippen molar-refractivity contribution in [1.82, 2.24) is 5.32 Å². The Bertz CT molecular complexity index is 307. The molecule has 0 heterocycles. The van der Waals surface area contributed by atoms with Crippen LogP contribution in [-0.2, 0) is 10.8 Å². The SMILES string of the molecule is C[S@@](=O)CCCN[C@H]1C[C@@H]2C[C@@H]1[C@H]1CCC[C@H]21. The highest BCUT2D eigenvalue weighted by Gasteiger charge is 2.53. The fraction of sp³-hybridized carbons (Fsp3) is 1.00. The molecule has 0 saturated heterocycles. The van der Waals surface area contributed by atoms with Gasteiger partial charge in [0.25, 0.3) is 0 Å². The zero-order valence-corrected chi connectivity index (χ0v) is 11.7. The lowest BCUT2D eigenvalue weighted by atomic mass is 9.79. The largest absolute Gasteiger partial charge is 0.314 e. The molecule has 3 rings (SSSR count). The van der Waals surface area contributed by atoms with Gasteiger partial charge in [-0.2, -0.15) is 0 Å². The maximum Gasteiger partial charge on any atom is 0.0244 e. The quantitative estimate of drug-likeness (QED) is 0.763. The van der Waals surface area contributed by atoms with Crippen LogP contribution in [0.3, 0.4) is 0 Å². The number of hydrogen-bond acceptors (Lipinski definition) is 2. The second kappa shape index (κ2) is 5.00. The van der Waals surface area contributed by atoms with Gasteiger partial charge >= 0.3 is 0 Å². The van der Waals surface area contributed by atoms with E-state index in [1.54, 1.807) is 6.26 Å². The Kier molecular flexibility index (Phi) is 3.58. The molecule has 3 aliphatic rings. The number of rotatable bonds is 5. The van der Waals surface area contributed by atoms with Gasteiger partial charge in [0.2, 0.25) is 0 Å². The molecule has 0 spiro atoms. The van der Waals surface area contributed by atoms with Crippen LogP contribution >= 0.6 is 0 Å².